The molecule has 0 atom stereocenters. The molecule has 0 aliphatic rings. The minimum atomic E-state index is 0.969. The van der Waals surface area contributed by atoms with Crippen LogP contribution in [0.4, 0.5) is 34.6 Å². The molecule has 6 nitrogen and oxygen atoms in total. The number of aromatic amines is 4. The van der Waals surface area contributed by atoms with Crippen molar-refractivity contribution in [3.05, 3.63) is 218 Å². The van der Waals surface area contributed by atoms with Crippen molar-refractivity contribution in [3.63, 3.8) is 0 Å². The van der Waals surface area contributed by atoms with E-state index in [9.17, 15) is 0 Å². The second kappa shape index (κ2) is 15.3. The minimum absolute atomic E-state index is 0.969. The fourth-order valence-corrected chi connectivity index (χ4v) is 7.62. The van der Waals surface area contributed by atoms with Gasteiger partial charge in [-0.25, -0.2) is 0 Å². The Morgan fingerprint density at radius 1 is 0.207 bits per heavy atom. The van der Waals surface area contributed by atoms with Gasteiger partial charge in [-0.1, -0.05) is 146 Å². The zero-order valence-electron chi connectivity index (χ0n) is 31.7. The third kappa shape index (κ3) is 6.91. The van der Waals surface area contributed by atoms with Crippen LogP contribution in [0.5, 0.6) is 0 Å². The van der Waals surface area contributed by atoms with Gasteiger partial charge in [0.25, 0.3) is 0 Å². The van der Waals surface area contributed by atoms with E-state index >= 15 is 0 Å². The first-order valence-corrected chi connectivity index (χ1v) is 19.5. The summed E-state index contributed by atoms with van der Waals surface area (Å²) in [4.78, 5) is 19.2. The molecule has 0 saturated carbocycles. The maximum absolute atomic E-state index is 3.68. The van der Waals surface area contributed by atoms with Gasteiger partial charge in [-0.05, 0) is 106 Å². The summed E-state index contributed by atoms with van der Waals surface area (Å²) < 4.78 is 0. The van der Waals surface area contributed by atoms with E-state index in [-0.39, 0.29) is 0 Å². The molecule has 0 radical (unpaired) electrons. The van der Waals surface area contributed by atoms with Gasteiger partial charge in [0.15, 0.2) is 0 Å². The highest BCUT2D eigenvalue weighted by Crippen LogP contribution is 2.39. The lowest BCUT2D eigenvalue weighted by Gasteiger charge is -2.23. The number of anilines is 6. The number of nitrogens with zero attached hydrogens (tertiary/aromatic N) is 2. The summed E-state index contributed by atoms with van der Waals surface area (Å²) in [5.41, 5.74) is 13.2. The van der Waals surface area contributed by atoms with E-state index in [1.165, 1.54) is 0 Å². The Balaban J connectivity index is 0.972. The van der Waals surface area contributed by atoms with Crippen LogP contribution >= 0.6 is 0 Å². The standard InChI is InChI=1S/C52H40N6/c1-5-13-39(14-6-1)45-29-33-49(53-45)57(50-34-30-46(54-50)40-15-7-2-8-16-40)43-25-21-37(22-26-43)38-23-27-44(28-24-38)58(51-35-31-47(55-51)41-17-9-3-10-18-41)52-36-32-48(56-52)42-19-11-4-12-20-42/h1-36,53-56H. The first-order valence-electron chi connectivity index (χ1n) is 19.5. The summed E-state index contributed by atoms with van der Waals surface area (Å²) >= 11 is 0. The Labute approximate surface area is 337 Å². The van der Waals surface area contributed by atoms with Crippen LogP contribution in [0, 0.1) is 0 Å². The van der Waals surface area contributed by atoms with E-state index in [4.69, 9.17) is 0 Å². The number of hydrogen-bond donors (Lipinski definition) is 4. The Bertz CT molecular complexity index is 2510. The van der Waals surface area contributed by atoms with Crippen LogP contribution in [0.2, 0.25) is 0 Å². The van der Waals surface area contributed by atoms with Gasteiger partial charge in [0.2, 0.25) is 0 Å². The summed E-state index contributed by atoms with van der Waals surface area (Å²) in [6.45, 7) is 0. The second-order valence-corrected chi connectivity index (χ2v) is 14.3. The van der Waals surface area contributed by atoms with Crippen molar-refractivity contribution < 1.29 is 0 Å². The van der Waals surface area contributed by atoms with Crippen molar-refractivity contribution >= 4 is 34.6 Å². The third-order valence-corrected chi connectivity index (χ3v) is 10.6. The molecule has 0 bridgehead atoms. The lowest BCUT2D eigenvalue weighted by atomic mass is 10.0. The van der Waals surface area contributed by atoms with E-state index in [1.54, 1.807) is 0 Å². The van der Waals surface area contributed by atoms with E-state index in [2.05, 4.69) is 224 Å². The highest BCUT2D eigenvalue weighted by Gasteiger charge is 2.19. The number of aromatic nitrogens is 4. The molecule has 6 heteroatoms. The van der Waals surface area contributed by atoms with Gasteiger partial charge in [0, 0.05) is 34.2 Å². The molecule has 4 aromatic heterocycles. The largest absolute Gasteiger partial charge is 0.341 e. The molecule has 10 aromatic rings. The summed E-state index contributed by atoms with van der Waals surface area (Å²) in [6.07, 6.45) is 0. The smallest absolute Gasteiger partial charge is 0.116 e. The van der Waals surface area contributed by atoms with Crippen LogP contribution in [0.1, 0.15) is 0 Å². The van der Waals surface area contributed by atoms with Gasteiger partial charge in [-0.3, -0.25) is 9.80 Å². The molecule has 0 saturated heterocycles. The predicted molar refractivity (Wildman–Crippen MR) is 240 cm³/mol. The summed E-state index contributed by atoms with van der Waals surface area (Å²) in [5.74, 6) is 3.88. The molecule has 278 valence electrons. The van der Waals surface area contributed by atoms with E-state index < -0.39 is 0 Å². The Morgan fingerprint density at radius 2 is 0.448 bits per heavy atom. The number of rotatable bonds is 11. The van der Waals surface area contributed by atoms with Crippen molar-refractivity contribution in [2.75, 3.05) is 9.80 Å². The normalized spacial score (nSPS) is 11.1. The maximum Gasteiger partial charge on any atom is 0.116 e. The number of nitrogens with one attached hydrogen (secondary N) is 4. The summed E-state index contributed by atoms with van der Waals surface area (Å²) in [5, 5.41) is 0. The fourth-order valence-electron chi connectivity index (χ4n) is 7.62. The van der Waals surface area contributed by atoms with Gasteiger partial charge in [-0.2, -0.15) is 0 Å². The molecule has 10 rings (SSSR count). The lowest BCUT2D eigenvalue weighted by molar-refractivity contribution is 1.17. The maximum atomic E-state index is 3.68. The first-order chi connectivity index (χ1) is 28.7. The van der Waals surface area contributed by atoms with Gasteiger partial charge in [0.1, 0.15) is 23.3 Å². The average Bonchev–Trinajstić information content (AvgIpc) is 4.15. The molecule has 0 spiro atoms. The quantitative estimate of drug-likeness (QED) is 0.106. The van der Waals surface area contributed by atoms with Crippen molar-refractivity contribution in [2.45, 2.75) is 0 Å². The SMILES string of the molecule is c1ccc(-c2ccc(N(c3ccc(-c4ccc(N(c5ccc(-c6ccccc6)[nH]5)c5ccc(-c6ccccc6)[nH]5)cc4)cc3)c3ccc(-c4ccccc4)[nH]3)[nH]2)cc1. The molecule has 4 N–H and O–H groups in total. The molecular formula is C52H40N6. The molecule has 0 aliphatic heterocycles. The lowest BCUT2D eigenvalue weighted by Crippen LogP contribution is -2.11. The zero-order chi connectivity index (χ0) is 38.7. The zero-order valence-corrected chi connectivity index (χ0v) is 31.7. The fraction of sp³-hybridized carbons (Fsp3) is 0. The van der Waals surface area contributed by atoms with Gasteiger partial charge in [-0.15, -0.1) is 0 Å². The molecule has 0 aliphatic carbocycles. The molecular weight excluding hydrogens is 709 g/mol. The molecule has 58 heavy (non-hydrogen) atoms. The van der Waals surface area contributed by atoms with Crippen LogP contribution in [0.15, 0.2) is 218 Å². The van der Waals surface area contributed by atoms with Crippen molar-refractivity contribution in [1.29, 1.82) is 0 Å². The minimum Gasteiger partial charge on any atom is -0.341 e. The number of hydrogen-bond acceptors (Lipinski definition) is 2. The Morgan fingerprint density at radius 3 is 0.690 bits per heavy atom. The van der Waals surface area contributed by atoms with E-state index in [1.807, 2.05) is 24.3 Å². The van der Waals surface area contributed by atoms with E-state index in [0.29, 0.717) is 0 Å². The molecule has 0 amide bonds. The monoisotopic (exact) mass is 748 g/mol. The number of H-pyrrole nitrogens is 4. The number of benzene rings is 6. The molecule has 0 unspecified atom stereocenters. The van der Waals surface area contributed by atoms with Gasteiger partial charge < -0.3 is 19.9 Å². The van der Waals surface area contributed by atoms with Crippen LogP contribution in [-0.4, -0.2) is 19.9 Å². The van der Waals surface area contributed by atoms with Crippen molar-refractivity contribution in [2.24, 2.45) is 0 Å². The molecule has 4 heterocycles. The average molecular weight is 749 g/mol. The summed E-state index contributed by atoms with van der Waals surface area (Å²) in [6, 6.07) is 76.4. The first kappa shape index (κ1) is 34.5. The van der Waals surface area contributed by atoms with Crippen molar-refractivity contribution in [1.82, 2.24) is 19.9 Å². The molecule has 6 aromatic carbocycles. The van der Waals surface area contributed by atoms with Crippen LogP contribution in [0.25, 0.3) is 56.2 Å². The van der Waals surface area contributed by atoms with Crippen LogP contribution in [0.3, 0.4) is 0 Å². The van der Waals surface area contributed by atoms with Crippen LogP contribution < -0.4 is 9.80 Å². The van der Waals surface area contributed by atoms with Gasteiger partial charge >= 0.3 is 0 Å². The second-order valence-electron chi connectivity index (χ2n) is 14.3. The van der Waals surface area contributed by atoms with E-state index in [0.717, 1.165) is 90.8 Å². The third-order valence-electron chi connectivity index (χ3n) is 10.6. The molecule has 0 fully saturated rings. The predicted octanol–water partition coefficient (Wildman–Crippen LogP) is 14.3. The highest BCUT2D eigenvalue weighted by atomic mass is 15.3. The Hall–Kier alpha value is -7.96. The summed E-state index contributed by atoms with van der Waals surface area (Å²) in [7, 11) is 0. The Kier molecular flexibility index (Phi) is 9.10. The topological polar surface area (TPSA) is 69.6 Å². The van der Waals surface area contributed by atoms with Gasteiger partial charge in [0.05, 0.1) is 0 Å². The highest BCUT2D eigenvalue weighted by molar-refractivity contribution is 5.81. The van der Waals surface area contributed by atoms with Crippen LogP contribution in [-0.2, 0) is 0 Å². The van der Waals surface area contributed by atoms with Crippen molar-refractivity contribution in [3.8, 4) is 56.2 Å².